The van der Waals surface area contributed by atoms with Gasteiger partial charge in [0, 0.05) is 5.38 Å². The lowest BCUT2D eigenvalue weighted by atomic mass is 10.1. The van der Waals surface area contributed by atoms with E-state index in [1.807, 2.05) is 5.51 Å². The predicted molar refractivity (Wildman–Crippen MR) is 51.3 cm³/mol. The van der Waals surface area contributed by atoms with Crippen molar-refractivity contribution in [2.45, 2.75) is 31.7 Å². The van der Waals surface area contributed by atoms with Gasteiger partial charge in [-0.15, -0.1) is 11.3 Å². The Balaban J connectivity index is 2.02. The highest BCUT2D eigenvalue weighted by molar-refractivity contribution is 7.07. The number of hydrogen-bond donors (Lipinski definition) is 1. The van der Waals surface area contributed by atoms with E-state index in [-0.39, 0.29) is 0 Å². The van der Waals surface area contributed by atoms with Crippen LogP contribution in [0.5, 0.6) is 0 Å². The summed E-state index contributed by atoms with van der Waals surface area (Å²) >= 11 is 1.69. The minimum atomic E-state index is 0.527. The van der Waals surface area contributed by atoms with Crippen LogP contribution in [-0.4, -0.2) is 11.5 Å². The van der Waals surface area contributed by atoms with Gasteiger partial charge in [0.25, 0.3) is 0 Å². The third kappa shape index (κ3) is 1.84. The van der Waals surface area contributed by atoms with Crippen LogP contribution in [-0.2, 0) is 0 Å². The molecule has 3 heteroatoms. The molecule has 1 fully saturated rings. The molecular weight excluding hydrogens is 168 g/mol. The monoisotopic (exact) mass is 182 g/mol. The quantitative estimate of drug-likeness (QED) is 0.721. The van der Waals surface area contributed by atoms with E-state index in [0.29, 0.717) is 6.04 Å². The zero-order valence-corrected chi connectivity index (χ0v) is 7.94. The number of aromatic nitrogens is 1. The zero-order chi connectivity index (χ0) is 8.23. The number of nitrogens with one attached hydrogen (secondary N) is 1. The van der Waals surface area contributed by atoms with Crippen LogP contribution >= 0.6 is 11.3 Å². The van der Waals surface area contributed by atoms with Crippen molar-refractivity contribution in [2.75, 3.05) is 6.54 Å². The van der Waals surface area contributed by atoms with E-state index in [2.05, 4.69) is 15.7 Å². The van der Waals surface area contributed by atoms with E-state index in [0.717, 1.165) is 6.54 Å². The summed E-state index contributed by atoms with van der Waals surface area (Å²) in [4.78, 5) is 4.34. The van der Waals surface area contributed by atoms with Crippen LogP contribution < -0.4 is 5.32 Å². The second-order valence-electron chi connectivity index (χ2n) is 3.27. The van der Waals surface area contributed by atoms with Crippen LogP contribution in [0.1, 0.15) is 37.4 Å². The minimum absolute atomic E-state index is 0.527. The molecule has 12 heavy (non-hydrogen) atoms. The number of nitrogens with zero attached hydrogens (tertiary/aromatic N) is 1. The standard InChI is InChI=1S/C9H14N2S/c1-2-4-8(10-5-3-1)9-6-12-7-11-9/h6-8,10H,1-5H2. The van der Waals surface area contributed by atoms with Crippen molar-refractivity contribution in [1.82, 2.24) is 10.3 Å². The van der Waals surface area contributed by atoms with Gasteiger partial charge in [-0.1, -0.05) is 12.8 Å². The molecule has 66 valence electrons. The molecule has 1 aliphatic heterocycles. The van der Waals surface area contributed by atoms with E-state index in [1.54, 1.807) is 11.3 Å². The topological polar surface area (TPSA) is 24.9 Å². The van der Waals surface area contributed by atoms with E-state index < -0.39 is 0 Å². The summed E-state index contributed by atoms with van der Waals surface area (Å²) in [7, 11) is 0. The zero-order valence-electron chi connectivity index (χ0n) is 7.12. The number of thiazole rings is 1. The molecule has 0 bridgehead atoms. The fourth-order valence-corrected chi connectivity index (χ4v) is 2.28. The smallest absolute Gasteiger partial charge is 0.0795 e. The van der Waals surface area contributed by atoms with Gasteiger partial charge in [0.2, 0.25) is 0 Å². The normalized spacial score (nSPS) is 25.2. The summed E-state index contributed by atoms with van der Waals surface area (Å²) in [6, 6.07) is 0.527. The van der Waals surface area contributed by atoms with Gasteiger partial charge < -0.3 is 5.32 Å². The van der Waals surface area contributed by atoms with Crippen molar-refractivity contribution < 1.29 is 0 Å². The third-order valence-electron chi connectivity index (χ3n) is 2.37. The van der Waals surface area contributed by atoms with Gasteiger partial charge in [0.1, 0.15) is 0 Å². The van der Waals surface area contributed by atoms with Crippen LogP contribution in [0, 0.1) is 0 Å². The van der Waals surface area contributed by atoms with Crippen molar-refractivity contribution in [2.24, 2.45) is 0 Å². The summed E-state index contributed by atoms with van der Waals surface area (Å²) in [6.45, 7) is 1.15. The van der Waals surface area contributed by atoms with Crippen LogP contribution in [0.4, 0.5) is 0 Å². The first-order valence-corrected chi connectivity index (χ1v) is 5.52. The maximum atomic E-state index is 4.34. The Hall–Kier alpha value is -0.410. The Labute approximate surface area is 77.0 Å². The Morgan fingerprint density at radius 3 is 3.25 bits per heavy atom. The highest BCUT2D eigenvalue weighted by atomic mass is 32.1. The van der Waals surface area contributed by atoms with Gasteiger partial charge in [0.15, 0.2) is 0 Å². The first-order chi connectivity index (χ1) is 5.97. The predicted octanol–water partition coefficient (Wildman–Crippen LogP) is 2.35. The summed E-state index contributed by atoms with van der Waals surface area (Å²) in [5.74, 6) is 0. The van der Waals surface area contributed by atoms with Crippen molar-refractivity contribution in [3.8, 4) is 0 Å². The molecule has 0 spiro atoms. The minimum Gasteiger partial charge on any atom is -0.309 e. The van der Waals surface area contributed by atoms with Crippen LogP contribution in [0.15, 0.2) is 10.9 Å². The van der Waals surface area contributed by atoms with Gasteiger partial charge in [-0.2, -0.15) is 0 Å². The average molecular weight is 182 g/mol. The highest BCUT2D eigenvalue weighted by Gasteiger charge is 2.14. The lowest BCUT2D eigenvalue weighted by molar-refractivity contribution is 0.524. The molecule has 1 saturated heterocycles. The molecule has 0 aromatic carbocycles. The molecule has 0 aliphatic carbocycles. The average Bonchev–Trinajstić information content (AvgIpc) is 2.48. The summed E-state index contributed by atoms with van der Waals surface area (Å²) in [5, 5.41) is 5.68. The van der Waals surface area contributed by atoms with Gasteiger partial charge in [-0.3, -0.25) is 0 Å². The molecule has 1 aromatic heterocycles. The van der Waals surface area contributed by atoms with Crippen LogP contribution in [0.2, 0.25) is 0 Å². The van der Waals surface area contributed by atoms with Crippen LogP contribution in [0.3, 0.4) is 0 Å². The maximum absolute atomic E-state index is 4.34. The molecule has 2 heterocycles. The van der Waals surface area contributed by atoms with Gasteiger partial charge in [0.05, 0.1) is 17.2 Å². The SMILES string of the molecule is c1nc(C2CCCCCN2)cs1. The molecule has 0 amide bonds. The Kier molecular flexibility index (Phi) is 2.74. The van der Waals surface area contributed by atoms with Crippen molar-refractivity contribution >= 4 is 11.3 Å². The first kappa shape index (κ1) is 8.20. The molecule has 1 unspecified atom stereocenters. The largest absolute Gasteiger partial charge is 0.309 e. The summed E-state index contributed by atoms with van der Waals surface area (Å²) in [6.07, 6.45) is 5.28. The lowest BCUT2D eigenvalue weighted by Gasteiger charge is -2.12. The molecule has 1 N–H and O–H groups in total. The summed E-state index contributed by atoms with van der Waals surface area (Å²) < 4.78 is 0. The molecule has 2 nitrogen and oxygen atoms in total. The van der Waals surface area contributed by atoms with Crippen molar-refractivity contribution in [3.63, 3.8) is 0 Å². The molecule has 0 saturated carbocycles. The fourth-order valence-electron chi connectivity index (χ4n) is 1.68. The van der Waals surface area contributed by atoms with Crippen molar-refractivity contribution in [3.05, 3.63) is 16.6 Å². The fraction of sp³-hybridized carbons (Fsp3) is 0.667. The molecule has 1 aromatic rings. The van der Waals surface area contributed by atoms with E-state index in [1.165, 1.54) is 31.4 Å². The molecule has 1 atom stereocenters. The van der Waals surface area contributed by atoms with Gasteiger partial charge in [-0.05, 0) is 19.4 Å². The maximum Gasteiger partial charge on any atom is 0.0795 e. The Morgan fingerprint density at radius 2 is 2.42 bits per heavy atom. The second-order valence-corrected chi connectivity index (χ2v) is 3.99. The molecule has 1 aliphatic rings. The number of rotatable bonds is 1. The lowest BCUT2D eigenvalue weighted by Crippen LogP contribution is -2.20. The van der Waals surface area contributed by atoms with E-state index in [9.17, 15) is 0 Å². The highest BCUT2D eigenvalue weighted by Crippen LogP contribution is 2.21. The number of hydrogen-bond acceptors (Lipinski definition) is 3. The molecular formula is C9H14N2S. The molecule has 2 rings (SSSR count). The first-order valence-electron chi connectivity index (χ1n) is 4.58. The second kappa shape index (κ2) is 4.01. The van der Waals surface area contributed by atoms with Gasteiger partial charge in [-0.25, -0.2) is 4.98 Å². The van der Waals surface area contributed by atoms with E-state index >= 15 is 0 Å². The molecule has 0 radical (unpaired) electrons. The summed E-state index contributed by atoms with van der Waals surface area (Å²) in [5.41, 5.74) is 3.16. The van der Waals surface area contributed by atoms with Crippen molar-refractivity contribution in [1.29, 1.82) is 0 Å². The van der Waals surface area contributed by atoms with E-state index in [4.69, 9.17) is 0 Å². The Morgan fingerprint density at radius 1 is 1.42 bits per heavy atom. The van der Waals surface area contributed by atoms with Gasteiger partial charge >= 0.3 is 0 Å². The van der Waals surface area contributed by atoms with Crippen LogP contribution in [0.25, 0.3) is 0 Å². The third-order valence-corrected chi connectivity index (χ3v) is 2.97. The Bertz CT molecular complexity index is 212.